The molecule has 1 saturated heterocycles. The Bertz CT molecular complexity index is 339. The Labute approximate surface area is 111 Å². The number of carbonyl (C=O) groups is 3. The average molecular weight is 272 g/mol. The van der Waals surface area contributed by atoms with Crippen molar-refractivity contribution >= 4 is 17.8 Å². The van der Waals surface area contributed by atoms with Gasteiger partial charge < -0.3 is 20.5 Å². The van der Waals surface area contributed by atoms with E-state index in [1.165, 1.54) is 7.11 Å². The fourth-order valence-corrected chi connectivity index (χ4v) is 1.99. The molecule has 1 amide bonds. The lowest BCUT2D eigenvalue weighted by Crippen LogP contribution is -2.47. The molecule has 0 bridgehead atoms. The number of hydrogen-bond acceptors (Lipinski definition) is 5. The minimum absolute atomic E-state index is 0.0311. The Morgan fingerprint density at radius 1 is 1.47 bits per heavy atom. The first-order valence-corrected chi connectivity index (χ1v) is 6.35. The molecular weight excluding hydrogens is 252 g/mol. The topological polar surface area (TPSA) is 105 Å². The number of piperidine rings is 1. The predicted molar refractivity (Wildman–Crippen MR) is 66.4 cm³/mol. The van der Waals surface area contributed by atoms with E-state index in [1.807, 2.05) is 0 Å². The molecule has 2 atom stereocenters. The van der Waals surface area contributed by atoms with Crippen LogP contribution in [0.4, 0.5) is 0 Å². The van der Waals surface area contributed by atoms with E-state index < -0.39 is 18.0 Å². The van der Waals surface area contributed by atoms with Crippen molar-refractivity contribution in [2.75, 3.05) is 20.2 Å². The van der Waals surface area contributed by atoms with Gasteiger partial charge in [-0.3, -0.25) is 9.59 Å². The molecule has 19 heavy (non-hydrogen) atoms. The van der Waals surface area contributed by atoms with E-state index in [9.17, 15) is 14.4 Å². The van der Waals surface area contributed by atoms with E-state index in [-0.39, 0.29) is 24.7 Å². The highest BCUT2D eigenvalue weighted by Crippen LogP contribution is 2.11. The Balaban J connectivity index is 2.45. The van der Waals surface area contributed by atoms with E-state index in [1.54, 1.807) is 0 Å². The molecule has 0 radical (unpaired) electrons. The summed E-state index contributed by atoms with van der Waals surface area (Å²) in [7, 11) is 1.24. The molecule has 1 unspecified atom stereocenters. The highest BCUT2D eigenvalue weighted by Gasteiger charge is 2.26. The normalized spacial score (nSPS) is 20.4. The molecule has 108 valence electrons. The number of rotatable bonds is 6. The molecule has 0 spiro atoms. The molecular formula is C12H20N2O5. The van der Waals surface area contributed by atoms with Crippen LogP contribution in [0, 0.1) is 5.92 Å². The third-order valence-electron chi connectivity index (χ3n) is 3.15. The van der Waals surface area contributed by atoms with Crippen LogP contribution in [0.3, 0.4) is 0 Å². The fraction of sp³-hybridized carbons (Fsp3) is 0.750. The van der Waals surface area contributed by atoms with Crippen LogP contribution < -0.4 is 10.6 Å². The van der Waals surface area contributed by atoms with Crippen molar-refractivity contribution in [2.24, 2.45) is 5.92 Å². The summed E-state index contributed by atoms with van der Waals surface area (Å²) in [5.41, 5.74) is 0. The standard InChI is InChI=1S/C12H20N2O5/c1-19-10(15)5-4-9(12(17)18)14-11(16)8-3-2-6-13-7-8/h8-9,13H,2-7H2,1H3,(H,14,16)(H,17,18)/t8?,9-/m1/s1. The van der Waals surface area contributed by atoms with Gasteiger partial charge in [0.15, 0.2) is 0 Å². The van der Waals surface area contributed by atoms with Crippen molar-refractivity contribution in [2.45, 2.75) is 31.7 Å². The number of ether oxygens (including phenoxy) is 1. The van der Waals surface area contributed by atoms with E-state index in [2.05, 4.69) is 15.4 Å². The molecule has 0 saturated carbocycles. The molecule has 7 heteroatoms. The number of amides is 1. The molecule has 1 aliphatic heterocycles. The Kier molecular flexibility index (Phi) is 6.27. The summed E-state index contributed by atoms with van der Waals surface area (Å²) in [6, 6.07) is -1.05. The summed E-state index contributed by atoms with van der Waals surface area (Å²) in [4.78, 5) is 33.9. The van der Waals surface area contributed by atoms with Crippen LogP contribution in [0.15, 0.2) is 0 Å². The second-order valence-electron chi connectivity index (χ2n) is 4.56. The van der Waals surface area contributed by atoms with Gasteiger partial charge in [0.25, 0.3) is 0 Å². The van der Waals surface area contributed by atoms with Crippen LogP contribution >= 0.6 is 0 Å². The van der Waals surface area contributed by atoms with Crippen LogP contribution in [0.2, 0.25) is 0 Å². The Hall–Kier alpha value is -1.63. The lowest BCUT2D eigenvalue weighted by atomic mass is 9.98. The van der Waals surface area contributed by atoms with Crippen molar-refractivity contribution in [3.05, 3.63) is 0 Å². The molecule has 0 aromatic rings. The highest BCUT2D eigenvalue weighted by molar-refractivity contribution is 5.85. The van der Waals surface area contributed by atoms with Gasteiger partial charge in [-0.1, -0.05) is 0 Å². The number of carboxylic acid groups (broad SMARTS) is 1. The molecule has 1 aliphatic rings. The van der Waals surface area contributed by atoms with Gasteiger partial charge in [-0.05, 0) is 25.8 Å². The first-order valence-electron chi connectivity index (χ1n) is 6.35. The van der Waals surface area contributed by atoms with Crippen LogP contribution in [-0.2, 0) is 19.1 Å². The third-order valence-corrected chi connectivity index (χ3v) is 3.15. The number of carboxylic acids is 1. The summed E-state index contributed by atoms with van der Waals surface area (Å²) >= 11 is 0. The van der Waals surface area contributed by atoms with Crippen LogP contribution in [0.5, 0.6) is 0 Å². The van der Waals surface area contributed by atoms with Gasteiger partial charge >= 0.3 is 11.9 Å². The SMILES string of the molecule is COC(=O)CC[C@@H](NC(=O)C1CCCNC1)C(=O)O. The van der Waals surface area contributed by atoms with Gasteiger partial charge in [-0.25, -0.2) is 4.79 Å². The number of methoxy groups -OCH3 is 1. The molecule has 0 aliphatic carbocycles. The average Bonchev–Trinajstić information content (AvgIpc) is 2.43. The van der Waals surface area contributed by atoms with E-state index in [4.69, 9.17) is 5.11 Å². The van der Waals surface area contributed by atoms with Gasteiger partial charge in [-0.2, -0.15) is 0 Å². The van der Waals surface area contributed by atoms with Crippen molar-refractivity contribution in [3.63, 3.8) is 0 Å². The molecule has 1 rings (SSSR count). The van der Waals surface area contributed by atoms with Crippen molar-refractivity contribution < 1.29 is 24.2 Å². The van der Waals surface area contributed by atoms with Crippen molar-refractivity contribution in [3.8, 4) is 0 Å². The Morgan fingerprint density at radius 3 is 2.74 bits per heavy atom. The highest BCUT2D eigenvalue weighted by atomic mass is 16.5. The summed E-state index contributed by atoms with van der Waals surface area (Å²) in [5.74, 6) is -2.10. The number of carbonyl (C=O) groups excluding carboxylic acids is 2. The zero-order valence-corrected chi connectivity index (χ0v) is 11.0. The first-order chi connectivity index (χ1) is 9.04. The monoisotopic (exact) mass is 272 g/mol. The number of aliphatic carboxylic acids is 1. The Morgan fingerprint density at radius 2 is 2.21 bits per heavy atom. The minimum atomic E-state index is -1.14. The molecule has 1 heterocycles. The molecule has 3 N–H and O–H groups in total. The van der Waals surface area contributed by atoms with Crippen molar-refractivity contribution in [1.82, 2.24) is 10.6 Å². The van der Waals surface area contributed by atoms with E-state index >= 15 is 0 Å². The second-order valence-corrected chi connectivity index (χ2v) is 4.56. The maximum Gasteiger partial charge on any atom is 0.326 e. The van der Waals surface area contributed by atoms with Crippen LogP contribution in [0.25, 0.3) is 0 Å². The summed E-state index contributed by atoms with van der Waals surface area (Å²) < 4.78 is 4.45. The zero-order valence-electron chi connectivity index (χ0n) is 11.0. The largest absolute Gasteiger partial charge is 0.480 e. The van der Waals surface area contributed by atoms with Gasteiger partial charge in [0.05, 0.1) is 13.0 Å². The molecule has 7 nitrogen and oxygen atoms in total. The quantitative estimate of drug-likeness (QED) is 0.563. The number of esters is 1. The number of nitrogens with one attached hydrogen (secondary N) is 2. The van der Waals surface area contributed by atoms with Gasteiger partial charge in [0, 0.05) is 13.0 Å². The maximum absolute atomic E-state index is 11.9. The minimum Gasteiger partial charge on any atom is -0.480 e. The third kappa shape index (κ3) is 5.25. The smallest absolute Gasteiger partial charge is 0.326 e. The summed E-state index contributed by atoms with van der Waals surface area (Å²) in [5, 5.41) is 14.6. The molecule has 0 aromatic carbocycles. The summed E-state index contributed by atoms with van der Waals surface area (Å²) in [6.45, 7) is 1.45. The molecule has 0 aromatic heterocycles. The van der Waals surface area contributed by atoms with Gasteiger partial charge in [0.1, 0.15) is 6.04 Å². The number of hydrogen-bond donors (Lipinski definition) is 3. The van der Waals surface area contributed by atoms with E-state index in [0.717, 1.165) is 19.4 Å². The lowest BCUT2D eigenvalue weighted by molar-refractivity contribution is -0.144. The summed E-state index contributed by atoms with van der Waals surface area (Å²) in [6.07, 6.45) is 1.66. The van der Waals surface area contributed by atoms with Crippen LogP contribution in [-0.4, -0.2) is 49.2 Å². The lowest BCUT2D eigenvalue weighted by Gasteiger charge is -2.23. The van der Waals surface area contributed by atoms with E-state index in [0.29, 0.717) is 6.54 Å². The second kappa shape index (κ2) is 7.73. The zero-order chi connectivity index (χ0) is 14.3. The van der Waals surface area contributed by atoms with Crippen molar-refractivity contribution in [1.29, 1.82) is 0 Å². The first kappa shape index (κ1) is 15.4. The fourth-order valence-electron chi connectivity index (χ4n) is 1.99. The molecule has 1 fully saturated rings. The maximum atomic E-state index is 11.9. The van der Waals surface area contributed by atoms with Crippen LogP contribution in [0.1, 0.15) is 25.7 Å². The van der Waals surface area contributed by atoms with Gasteiger partial charge in [0.2, 0.25) is 5.91 Å². The predicted octanol–water partition coefficient (Wildman–Crippen LogP) is -0.491. The van der Waals surface area contributed by atoms with Gasteiger partial charge in [-0.15, -0.1) is 0 Å².